The first-order valence-electron chi connectivity index (χ1n) is 8.47. The van der Waals surface area contributed by atoms with Crippen LogP contribution < -0.4 is 0 Å². The Kier molecular flexibility index (Phi) is 3.75. The SMILES string of the molecule is CC(=O)N1CCC2(CC1)CC[C@]1(C(=O)N(C)C)CN(C)C[C@H]21. The molecule has 0 bridgehead atoms. The van der Waals surface area contributed by atoms with Gasteiger partial charge in [-0.25, -0.2) is 0 Å². The Labute approximate surface area is 133 Å². The maximum Gasteiger partial charge on any atom is 0.229 e. The third-order valence-corrected chi connectivity index (χ3v) is 6.56. The Morgan fingerprint density at radius 2 is 1.73 bits per heavy atom. The van der Waals surface area contributed by atoms with E-state index in [9.17, 15) is 9.59 Å². The van der Waals surface area contributed by atoms with E-state index in [-0.39, 0.29) is 16.7 Å². The van der Waals surface area contributed by atoms with Gasteiger partial charge in [0, 0.05) is 47.2 Å². The predicted octanol–water partition coefficient (Wildman–Crippen LogP) is 1.05. The molecule has 2 aliphatic heterocycles. The van der Waals surface area contributed by atoms with Crippen LogP contribution in [0.3, 0.4) is 0 Å². The van der Waals surface area contributed by atoms with Crippen molar-refractivity contribution in [1.29, 1.82) is 0 Å². The lowest BCUT2D eigenvalue weighted by atomic mass is 9.65. The summed E-state index contributed by atoms with van der Waals surface area (Å²) in [6.07, 6.45) is 4.29. The lowest BCUT2D eigenvalue weighted by molar-refractivity contribution is -0.142. The molecule has 1 aliphatic carbocycles. The highest BCUT2D eigenvalue weighted by Gasteiger charge is 2.64. The molecule has 3 rings (SSSR count). The Hall–Kier alpha value is -1.10. The van der Waals surface area contributed by atoms with E-state index in [4.69, 9.17) is 0 Å². The number of hydrogen-bond acceptors (Lipinski definition) is 3. The standard InChI is InChI=1S/C17H29N3O2/c1-13(21)20-9-7-16(8-10-20)5-6-17(15(22)18(2)3)12-19(4)11-14(16)17/h14H,5-12H2,1-4H3/t14-,17+/m1/s1. The molecule has 2 saturated heterocycles. The Morgan fingerprint density at radius 1 is 1.09 bits per heavy atom. The molecule has 1 saturated carbocycles. The molecule has 0 aromatic rings. The van der Waals surface area contributed by atoms with Gasteiger partial charge in [-0.3, -0.25) is 9.59 Å². The summed E-state index contributed by atoms with van der Waals surface area (Å²) in [4.78, 5) is 30.6. The molecule has 124 valence electrons. The molecule has 2 heterocycles. The minimum Gasteiger partial charge on any atom is -0.348 e. The van der Waals surface area contributed by atoms with E-state index >= 15 is 0 Å². The van der Waals surface area contributed by atoms with E-state index in [1.165, 1.54) is 0 Å². The highest BCUT2D eigenvalue weighted by molar-refractivity contribution is 5.84. The van der Waals surface area contributed by atoms with Crippen LogP contribution in [-0.2, 0) is 9.59 Å². The fraction of sp³-hybridized carbons (Fsp3) is 0.882. The zero-order chi connectivity index (χ0) is 16.1. The maximum atomic E-state index is 12.9. The molecule has 1 spiro atoms. The molecule has 2 amide bonds. The van der Waals surface area contributed by atoms with Crippen molar-refractivity contribution in [1.82, 2.24) is 14.7 Å². The van der Waals surface area contributed by atoms with Gasteiger partial charge in [0.2, 0.25) is 11.8 Å². The molecular formula is C17H29N3O2. The van der Waals surface area contributed by atoms with Gasteiger partial charge in [0.25, 0.3) is 0 Å². The molecule has 0 N–H and O–H groups in total. The number of nitrogens with zero attached hydrogens (tertiary/aromatic N) is 3. The van der Waals surface area contributed by atoms with Gasteiger partial charge < -0.3 is 14.7 Å². The minimum absolute atomic E-state index is 0.184. The fourth-order valence-corrected chi connectivity index (χ4v) is 5.46. The molecule has 0 unspecified atom stereocenters. The summed E-state index contributed by atoms with van der Waals surface area (Å²) in [5.74, 6) is 0.953. The number of carbonyl (C=O) groups is 2. The van der Waals surface area contributed by atoms with Gasteiger partial charge in [-0.15, -0.1) is 0 Å². The largest absolute Gasteiger partial charge is 0.348 e. The van der Waals surface area contributed by atoms with Crippen LogP contribution in [-0.4, -0.2) is 73.8 Å². The summed E-state index contributed by atoms with van der Waals surface area (Å²) >= 11 is 0. The molecule has 0 aromatic heterocycles. The lowest BCUT2D eigenvalue weighted by Crippen LogP contribution is -2.49. The van der Waals surface area contributed by atoms with Crippen LogP contribution in [0.2, 0.25) is 0 Å². The van der Waals surface area contributed by atoms with Crippen molar-refractivity contribution >= 4 is 11.8 Å². The quantitative estimate of drug-likeness (QED) is 0.727. The van der Waals surface area contributed by atoms with Crippen LogP contribution in [0.4, 0.5) is 0 Å². The lowest BCUT2D eigenvalue weighted by Gasteiger charge is -2.44. The van der Waals surface area contributed by atoms with Gasteiger partial charge in [-0.2, -0.15) is 0 Å². The highest BCUT2D eigenvalue weighted by Crippen LogP contribution is 2.62. The topological polar surface area (TPSA) is 43.9 Å². The Bertz CT molecular complexity index is 482. The summed E-state index contributed by atoms with van der Waals surface area (Å²) in [6.45, 7) is 5.31. The van der Waals surface area contributed by atoms with Crippen molar-refractivity contribution in [2.75, 3.05) is 47.3 Å². The van der Waals surface area contributed by atoms with Crippen LogP contribution in [0.1, 0.15) is 32.6 Å². The summed E-state index contributed by atoms with van der Waals surface area (Å²) in [6, 6.07) is 0. The molecule has 3 aliphatic rings. The molecule has 5 nitrogen and oxygen atoms in total. The minimum atomic E-state index is -0.184. The second-order valence-corrected chi connectivity index (χ2v) is 7.97. The first-order valence-corrected chi connectivity index (χ1v) is 8.47. The van der Waals surface area contributed by atoms with Crippen LogP contribution >= 0.6 is 0 Å². The smallest absolute Gasteiger partial charge is 0.229 e. The first kappa shape index (κ1) is 15.8. The van der Waals surface area contributed by atoms with Gasteiger partial charge >= 0.3 is 0 Å². The summed E-state index contributed by atoms with van der Waals surface area (Å²) in [5, 5.41) is 0. The van der Waals surface area contributed by atoms with E-state index in [0.29, 0.717) is 11.8 Å². The van der Waals surface area contributed by atoms with Gasteiger partial charge in [-0.05, 0) is 44.1 Å². The maximum absolute atomic E-state index is 12.9. The molecule has 5 heteroatoms. The third kappa shape index (κ3) is 2.16. The van der Waals surface area contributed by atoms with Crippen LogP contribution in [0.25, 0.3) is 0 Å². The molecule has 3 fully saturated rings. The van der Waals surface area contributed by atoms with Crippen molar-refractivity contribution in [3.63, 3.8) is 0 Å². The molecule has 0 radical (unpaired) electrons. The number of hydrogen-bond donors (Lipinski definition) is 0. The second-order valence-electron chi connectivity index (χ2n) is 7.97. The first-order chi connectivity index (χ1) is 10.3. The second kappa shape index (κ2) is 5.22. The average molecular weight is 307 g/mol. The van der Waals surface area contributed by atoms with Gasteiger partial charge in [-0.1, -0.05) is 0 Å². The van der Waals surface area contributed by atoms with Crippen LogP contribution in [0.5, 0.6) is 0 Å². The Balaban J connectivity index is 1.85. The van der Waals surface area contributed by atoms with Crippen molar-refractivity contribution in [3.8, 4) is 0 Å². The summed E-state index contributed by atoms with van der Waals surface area (Å²) in [5.41, 5.74) is 0.0824. The third-order valence-electron chi connectivity index (χ3n) is 6.56. The van der Waals surface area contributed by atoms with E-state index in [2.05, 4.69) is 11.9 Å². The van der Waals surface area contributed by atoms with Gasteiger partial charge in [0.15, 0.2) is 0 Å². The van der Waals surface area contributed by atoms with E-state index in [0.717, 1.165) is 51.9 Å². The molecule has 0 aromatic carbocycles. The summed E-state index contributed by atoms with van der Waals surface area (Å²) in [7, 11) is 5.91. The van der Waals surface area contributed by atoms with Gasteiger partial charge in [0.1, 0.15) is 0 Å². The van der Waals surface area contributed by atoms with E-state index < -0.39 is 0 Å². The van der Waals surface area contributed by atoms with Crippen molar-refractivity contribution in [2.24, 2.45) is 16.7 Å². The van der Waals surface area contributed by atoms with Gasteiger partial charge in [0.05, 0.1) is 5.41 Å². The fourth-order valence-electron chi connectivity index (χ4n) is 5.46. The molecule has 2 atom stereocenters. The molecular weight excluding hydrogens is 278 g/mol. The molecule has 22 heavy (non-hydrogen) atoms. The highest BCUT2D eigenvalue weighted by atomic mass is 16.2. The number of rotatable bonds is 1. The number of carbonyl (C=O) groups excluding carboxylic acids is 2. The zero-order valence-electron chi connectivity index (χ0n) is 14.4. The van der Waals surface area contributed by atoms with Crippen LogP contribution in [0, 0.1) is 16.7 Å². The number of likely N-dealkylation sites (tertiary alicyclic amines) is 2. The monoisotopic (exact) mass is 307 g/mol. The average Bonchev–Trinajstić information content (AvgIpc) is 2.95. The Morgan fingerprint density at radius 3 is 2.27 bits per heavy atom. The predicted molar refractivity (Wildman–Crippen MR) is 85.3 cm³/mol. The number of fused-ring (bicyclic) bond motifs is 2. The van der Waals surface area contributed by atoms with Crippen LogP contribution in [0.15, 0.2) is 0 Å². The van der Waals surface area contributed by atoms with E-state index in [1.807, 2.05) is 19.0 Å². The normalized spacial score (nSPS) is 34.0. The van der Waals surface area contributed by atoms with E-state index in [1.54, 1.807) is 11.8 Å². The zero-order valence-corrected chi connectivity index (χ0v) is 14.4. The van der Waals surface area contributed by atoms with Crippen molar-refractivity contribution in [2.45, 2.75) is 32.6 Å². The summed E-state index contributed by atoms with van der Waals surface area (Å²) < 4.78 is 0. The number of amides is 2. The number of piperidine rings is 1. The van der Waals surface area contributed by atoms with Crippen molar-refractivity contribution < 1.29 is 9.59 Å². The van der Waals surface area contributed by atoms with Crippen molar-refractivity contribution in [3.05, 3.63) is 0 Å².